The summed E-state index contributed by atoms with van der Waals surface area (Å²) in [5.74, 6) is 1.24. The number of nitrogens with zero attached hydrogens (tertiary/aromatic N) is 5. The minimum atomic E-state index is 0.243. The van der Waals surface area contributed by atoms with E-state index in [9.17, 15) is 4.79 Å². The van der Waals surface area contributed by atoms with Crippen molar-refractivity contribution >= 4 is 24.3 Å². The number of amides is 1. The van der Waals surface area contributed by atoms with Gasteiger partial charge in [0.15, 0.2) is 0 Å². The van der Waals surface area contributed by atoms with E-state index >= 15 is 0 Å². The van der Waals surface area contributed by atoms with Gasteiger partial charge in [-0.05, 0) is 0 Å². The van der Waals surface area contributed by atoms with E-state index in [0.717, 1.165) is 0 Å². The van der Waals surface area contributed by atoms with Crippen LogP contribution in [0.3, 0.4) is 0 Å². The monoisotopic (exact) mass is 210 g/mol. The Morgan fingerprint density at radius 2 is 1.47 bits per heavy atom. The van der Waals surface area contributed by atoms with Crippen molar-refractivity contribution in [2.45, 2.75) is 0 Å². The van der Waals surface area contributed by atoms with Crippen LogP contribution in [-0.2, 0) is 4.79 Å². The smallest absolute Gasteiger partial charge is 0.235 e. The average molecular weight is 210 g/mol. The Balaban J connectivity index is 3.13. The molecule has 1 aromatic heterocycles. The lowest BCUT2D eigenvalue weighted by Crippen LogP contribution is -2.19. The summed E-state index contributed by atoms with van der Waals surface area (Å²) in [5, 5.41) is 2.40. The summed E-state index contributed by atoms with van der Waals surface area (Å²) in [6, 6.07) is 0. The molecule has 7 heteroatoms. The second-order valence-corrected chi connectivity index (χ2v) is 3.31. The van der Waals surface area contributed by atoms with Gasteiger partial charge in [-0.3, -0.25) is 10.1 Å². The molecule has 1 amide bonds. The van der Waals surface area contributed by atoms with Crippen molar-refractivity contribution in [1.29, 1.82) is 0 Å². The number of hydrogen-bond donors (Lipinski definition) is 1. The Labute approximate surface area is 88.1 Å². The average Bonchev–Trinajstić information content (AvgIpc) is 2.17. The molecule has 0 saturated heterocycles. The fraction of sp³-hybridized carbons (Fsp3) is 0.500. The third-order valence-electron chi connectivity index (χ3n) is 1.60. The van der Waals surface area contributed by atoms with Crippen LogP contribution in [-0.4, -0.2) is 49.6 Å². The third-order valence-corrected chi connectivity index (χ3v) is 1.60. The molecule has 0 fully saturated rings. The van der Waals surface area contributed by atoms with E-state index in [2.05, 4.69) is 20.3 Å². The number of rotatable bonds is 4. The van der Waals surface area contributed by atoms with E-state index in [1.165, 1.54) is 0 Å². The molecular formula is C8H14N6O. The molecule has 0 aliphatic carbocycles. The maximum Gasteiger partial charge on any atom is 0.235 e. The van der Waals surface area contributed by atoms with Crippen molar-refractivity contribution in [3.8, 4) is 0 Å². The van der Waals surface area contributed by atoms with E-state index in [-0.39, 0.29) is 5.95 Å². The second-order valence-electron chi connectivity index (χ2n) is 3.31. The van der Waals surface area contributed by atoms with Gasteiger partial charge in [0.25, 0.3) is 0 Å². The van der Waals surface area contributed by atoms with Crippen LogP contribution in [0.4, 0.5) is 17.8 Å². The number of hydrogen-bond acceptors (Lipinski definition) is 6. The minimum absolute atomic E-state index is 0.243. The summed E-state index contributed by atoms with van der Waals surface area (Å²) in [6.07, 6.45) is 0.536. The number of anilines is 3. The molecule has 0 bridgehead atoms. The first kappa shape index (κ1) is 11.2. The van der Waals surface area contributed by atoms with Crippen LogP contribution in [0.2, 0.25) is 0 Å². The molecule has 0 saturated carbocycles. The number of nitrogens with one attached hydrogen (secondary N) is 1. The van der Waals surface area contributed by atoms with Gasteiger partial charge in [0.05, 0.1) is 0 Å². The van der Waals surface area contributed by atoms with Crippen LogP contribution in [0.25, 0.3) is 0 Å². The zero-order chi connectivity index (χ0) is 11.4. The summed E-state index contributed by atoms with van der Waals surface area (Å²) in [7, 11) is 7.28. The van der Waals surface area contributed by atoms with Crippen LogP contribution in [0.15, 0.2) is 0 Å². The Hall–Kier alpha value is -1.92. The molecule has 1 aromatic rings. The molecule has 1 rings (SSSR count). The zero-order valence-electron chi connectivity index (χ0n) is 9.22. The molecular weight excluding hydrogens is 196 g/mol. The zero-order valence-corrected chi connectivity index (χ0v) is 9.22. The van der Waals surface area contributed by atoms with Crippen LogP contribution < -0.4 is 15.1 Å². The predicted molar refractivity (Wildman–Crippen MR) is 58.2 cm³/mol. The van der Waals surface area contributed by atoms with Gasteiger partial charge in [-0.25, -0.2) is 0 Å². The van der Waals surface area contributed by atoms with Crippen molar-refractivity contribution in [2.24, 2.45) is 0 Å². The van der Waals surface area contributed by atoms with Crippen molar-refractivity contribution in [3.63, 3.8) is 0 Å². The Morgan fingerprint density at radius 3 is 1.80 bits per heavy atom. The number of carbonyl (C=O) groups excluding carboxylic acids is 1. The molecule has 1 N–H and O–H groups in total. The lowest BCUT2D eigenvalue weighted by Gasteiger charge is -2.15. The second kappa shape index (κ2) is 4.54. The van der Waals surface area contributed by atoms with Gasteiger partial charge < -0.3 is 9.80 Å². The lowest BCUT2D eigenvalue weighted by atomic mass is 10.7. The fourth-order valence-electron chi connectivity index (χ4n) is 0.871. The normalized spacial score (nSPS) is 9.60. The fourth-order valence-corrected chi connectivity index (χ4v) is 0.871. The van der Waals surface area contributed by atoms with Crippen molar-refractivity contribution in [2.75, 3.05) is 43.3 Å². The molecule has 0 aromatic carbocycles. The Morgan fingerprint density at radius 1 is 1.00 bits per heavy atom. The first-order valence-electron chi connectivity index (χ1n) is 4.35. The topological polar surface area (TPSA) is 74.2 Å². The van der Waals surface area contributed by atoms with Crippen molar-refractivity contribution < 1.29 is 4.79 Å². The molecule has 15 heavy (non-hydrogen) atoms. The standard InChI is InChI=1S/C8H14N6O/c1-13(2)7-10-6(9-5-15)11-8(12-7)14(3)4/h5H,1-4H3,(H,9,10,11,12,15). The minimum Gasteiger partial charge on any atom is -0.347 e. The first-order chi connectivity index (χ1) is 7.04. The van der Waals surface area contributed by atoms with Gasteiger partial charge in [-0.2, -0.15) is 15.0 Å². The van der Waals surface area contributed by atoms with Gasteiger partial charge in [-0.15, -0.1) is 0 Å². The summed E-state index contributed by atoms with van der Waals surface area (Å²) in [6.45, 7) is 0. The van der Waals surface area contributed by atoms with Gasteiger partial charge in [0.2, 0.25) is 24.3 Å². The Kier molecular flexibility index (Phi) is 3.37. The molecule has 0 unspecified atom stereocenters. The highest BCUT2D eigenvalue weighted by molar-refractivity contribution is 5.67. The first-order valence-corrected chi connectivity index (χ1v) is 4.35. The summed E-state index contributed by atoms with van der Waals surface area (Å²) in [4.78, 5) is 26.0. The molecule has 7 nitrogen and oxygen atoms in total. The molecule has 1 heterocycles. The van der Waals surface area contributed by atoms with Crippen LogP contribution in [0.5, 0.6) is 0 Å². The van der Waals surface area contributed by atoms with Crippen LogP contribution in [0.1, 0.15) is 0 Å². The van der Waals surface area contributed by atoms with Gasteiger partial charge >= 0.3 is 0 Å². The molecule has 0 radical (unpaired) electrons. The van der Waals surface area contributed by atoms with Crippen LogP contribution in [0, 0.1) is 0 Å². The quantitative estimate of drug-likeness (QED) is 0.680. The number of aromatic nitrogens is 3. The maximum atomic E-state index is 10.3. The predicted octanol–water partition coefficient (Wildman–Crippen LogP) is -0.428. The van der Waals surface area contributed by atoms with Gasteiger partial charge in [-0.1, -0.05) is 0 Å². The summed E-state index contributed by atoms with van der Waals surface area (Å²) < 4.78 is 0. The van der Waals surface area contributed by atoms with Crippen molar-refractivity contribution in [1.82, 2.24) is 15.0 Å². The SMILES string of the molecule is CN(C)c1nc(NC=O)nc(N(C)C)n1. The number of carbonyl (C=O) groups is 1. The van der Waals surface area contributed by atoms with E-state index in [1.54, 1.807) is 9.80 Å². The van der Waals surface area contributed by atoms with E-state index in [4.69, 9.17) is 0 Å². The van der Waals surface area contributed by atoms with E-state index in [0.29, 0.717) is 18.3 Å². The molecule has 82 valence electrons. The highest BCUT2D eigenvalue weighted by Crippen LogP contribution is 2.12. The van der Waals surface area contributed by atoms with Crippen molar-refractivity contribution in [3.05, 3.63) is 0 Å². The van der Waals surface area contributed by atoms with E-state index in [1.807, 2.05) is 28.2 Å². The van der Waals surface area contributed by atoms with Gasteiger partial charge in [0, 0.05) is 28.2 Å². The molecule has 0 atom stereocenters. The highest BCUT2D eigenvalue weighted by atomic mass is 16.1. The lowest BCUT2D eigenvalue weighted by molar-refractivity contribution is -0.105. The molecule has 0 aliphatic heterocycles. The molecule has 0 spiro atoms. The van der Waals surface area contributed by atoms with Crippen LogP contribution >= 0.6 is 0 Å². The summed E-state index contributed by atoms with van der Waals surface area (Å²) >= 11 is 0. The van der Waals surface area contributed by atoms with Gasteiger partial charge in [0.1, 0.15) is 0 Å². The molecule has 0 aliphatic rings. The maximum absolute atomic E-state index is 10.3. The highest BCUT2D eigenvalue weighted by Gasteiger charge is 2.08. The van der Waals surface area contributed by atoms with E-state index < -0.39 is 0 Å². The Bertz CT molecular complexity index is 325. The largest absolute Gasteiger partial charge is 0.347 e. The third kappa shape index (κ3) is 2.76. The summed E-state index contributed by atoms with van der Waals surface area (Å²) in [5.41, 5.74) is 0.